The number of para-hydroxylation sites is 1. The molecule has 2 aliphatic heterocycles. The molecule has 0 saturated carbocycles. The molecule has 1 saturated heterocycles. The third kappa shape index (κ3) is 2.61. The number of carbonyl (C=O) groups is 1. The summed E-state index contributed by atoms with van der Waals surface area (Å²) in [5.74, 6) is 0.0440. The number of benzene rings is 1. The molecule has 0 aliphatic carbocycles. The number of piperidine rings is 1. The van der Waals surface area contributed by atoms with Gasteiger partial charge in [0.2, 0.25) is 0 Å². The molecule has 2 aromatic heterocycles. The second kappa shape index (κ2) is 6.13. The van der Waals surface area contributed by atoms with Gasteiger partial charge >= 0.3 is 0 Å². The van der Waals surface area contributed by atoms with Crippen molar-refractivity contribution >= 4 is 16.8 Å². The lowest BCUT2D eigenvalue weighted by Gasteiger charge is -2.41. The average molecular weight is 363 g/mol. The normalized spacial score (nSPS) is 21.8. The third-order valence-corrected chi connectivity index (χ3v) is 5.62. The predicted molar refractivity (Wildman–Crippen MR) is 99.4 cm³/mol. The first-order valence-corrected chi connectivity index (χ1v) is 9.29. The van der Waals surface area contributed by atoms with Crippen LogP contribution in [0.4, 0.5) is 0 Å². The highest BCUT2D eigenvalue weighted by Gasteiger charge is 2.38. The van der Waals surface area contributed by atoms with E-state index in [0.29, 0.717) is 19.7 Å². The standard InChI is InChI=1S/C20H21N5O2/c1-12-4-3-5-15-16(8-13(2)22-19(12)15)20(26)24-7-6-17-18(10-24)27-11-14-9-21-23-25(14)17/h3-5,8-9,17-18H,6-7,10-11H2,1-2H3/t17-,18-/m0/s1. The average Bonchev–Trinajstić information content (AvgIpc) is 3.16. The Morgan fingerprint density at radius 3 is 3.07 bits per heavy atom. The van der Waals surface area contributed by atoms with Crippen LogP contribution in [0.5, 0.6) is 0 Å². The van der Waals surface area contributed by atoms with E-state index in [4.69, 9.17) is 4.74 Å². The number of likely N-dealkylation sites (tertiary alicyclic amines) is 1. The Hall–Kier alpha value is -2.80. The molecule has 0 bridgehead atoms. The zero-order chi connectivity index (χ0) is 18.5. The van der Waals surface area contributed by atoms with Gasteiger partial charge in [-0.1, -0.05) is 23.4 Å². The number of pyridine rings is 1. The molecule has 7 heteroatoms. The van der Waals surface area contributed by atoms with Gasteiger partial charge in [0.1, 0.15) is 0 Å². The van der Waals surface area contributed by atoms with Crippen LogP contribution in [0.25, 0.3) is 10.9 Å². The van der Waals surface area contributed by atoms with Crippen molar-refractivity contribution in [3.05, 3.63) is 53.0 Å². The molecule has 1 amide bonds. The van der Waals surface area contributed by atoms with Gasteiger partial charge in [0.05, 0.1) is 41.7 Å². The van der Waals surface area contributed by atoms with Crippen LogP contribution in [0.1, 0.15) is 39.8 Å². The fourth-order valence-corrected chi connectivity index (χ4v) is 4.24. The first-order valence-electron chi connectivity index (χ1n) is 9.29. The second-order valence-electron chi connectivity index (χ2n) is 7.41. The Kier molecular flexibility index (Phi) is 3.72. The molecular weight excluding hydrogens is 342 g/mol. The van der Waals surface area contributed by atoms with Crippen molar-refractivity contribution in [1.82, 2.24) is 24.9 Å². The molecule has 1 aromatic carbocycles. The monoisotopic (exact) mass is 363 g/mol. The lowest BCUT2D eigenvalue weighted by Crippen LogP contribution is -2.50. The summed E-state index contributed by atoms with van der Waals surface area (Å²) < 4.78 is 7.97. The second-order valence-corrected chi connectivity index (χ2v) is 7.41. The Bertz CT molecular complexity index is 1040. The van der Waals surface area contributed by atoms with Gasteiger partial charge in [-0.15, -0.1) is 5.10 Å². The molecule has 138 valence electrons. The number of hydrogen-bond donors (Lipinski definition) is 0. The lowest BCUT2D eigenvalue weighted by atomic mass is 9.98. The van der Waals surface area contributed by atoms with Crippen molar-refractivity contribution < 1.29 is 9.53 Å². The molecule has 2 aliphatic rings. The topological polar surface area (TPSA) is 73.1 Å². The number of hydrogen-bond acceptors (Lipinski definition) is 5. The van der Waals surface area contributed by atoms with E-state index in [1.54, 1.807) is 6.20 Å². The molecule has 0 N–H and O–H groups in total. The van der Waals surface area contributed by atoms with Crippen LogP contribution in [-0.4, -0.2) is 50.0 Å². The van der Waals surface area contributed by atoms with Crippen LogP contribution >= 0.6 is 0 Å². The third-order valence-electron chi connectivity index (χ3n) is 5.62. The van der Waals surface area contributed by atoms with Crippen LogP contribution in [0, 0.1) is 13.8 Å². The van der Waals surface area contributed by atoms with Gasteiger partial charge in [0, 0.05) is 24.2 Å². The molecular formula is C20H21N5O2. The molecule has 0 radical (unpaired) electrons. The van der Waals surface area contributed by atoms with Crippen LogP contribution in [0.2, 0.25) is 0 Å². The Morgan fingerprint density at radius 2 is 2.19 bits per heavy atom. The first kappa shape index (κ1) is 16.4. The minimum Gasteiger partial charge on any atom is -0.368 e. The number of aromatic nitrogens is 4. The molecule has 0 unspecified atom stereocenters. The van der Waals surface area contributed by atoms with Crippen molar-refractivity contribution in [2.75, 3.05) is 13.1 Å². The van der Waals surface area contributed by atoms with Crippen molar-refractivity contribution in [2.24, 2.45) is 0 Å². The first-order chi connectivity index (χ1) is 13.1. The van der Waals surface area contributed by atoms with E-state index >= 15 is 0 Å². The van der Waals surface area contributed by atoms with Crippen LogP contribution in [0.3, 0.4) is 0 Å². The number of aryl methyl sites for hydroxylation is 2. The minimum absolute atomic E-state index is 0.0440. The summed E-state index contributed by atoms with van der Waals surface area (Å²) in [6.45, 7) is 5.70. The van der Waals surface area contributed by atoms with Crippen LogP contribution in [0.15, 0.2) is 30.5 Å². The maximum atomic E-state index is 13.4. The Balaban J connectivity index is 1.46. The van der Waals surface area contributed by atoms with Crippen molar-refractivity contribution in [3.8, 4) is 0 Å². The summed E-state index contributed by atoms with van der Waals surface area (Å²) in [5, 5.41) is 9.11. The molecule has 5 rings (SSSR count). The zero-order valence-electron chi connectivity index (χ0n) is 15.4. The van der Waals surface area contributed by atoms with E-state index in [0.717, 1.165) is 39.8 Å². The molecule has 27 heavy (non-hydrogen) atoms. The van der Waals surface area contributed by atoms with E-state index < -0.39 is 0 Å². The SMILES string of the molecule is Cc1cc(C(=O)N2CC[C@H]3[C@H](C2)OCc2cnnn23)c2cccc(C)c2n1. The van der Waals surface area contributed by atoms with E-state index in [1.165, 1.54) is 0 Å². The number of carbonyl (C=O) groups excluding carboxylic acids is 1. The number of rotatable bonds is 1. The molecule has 1 fully saturated rings. The lowest BCUT2D eigenvalue weighted by molar-refractivity contribution is -0.0627. The fourth-order valence-electron chi connectivity index (χ4n) is 4.24. The highest BCUT2D eigenvalue weighted by atomic mass is 16.5. The summed E-state index contributed by atoms with van der Waals surface area (Å²) in [7, 11) is 0. The smallest absolute Gasteiger partial charge is 0.254 e. The highest BCUT2D eigenvalue weighted by Crippen LogP contribution is 2.32. The van der Waals surface area contributed by atoms with Gasteiger partial charge in [0.15, 0.2) is 0 Å². The predicted octanol–water partition coefficient (Wildman–Crippen LogP) is 2.43. The van der Waals surface area contributed by atoms with Gasteiger partial charge < -0.3 is 9.64 Å². The molecule has 4 heterocycles. The van der Waals surface area contributed by atoms with Crippen LogP contribution < -0.4 is 0 Å². The maximum Gasteiger partial charge on any atom is 0.254 e. The zero-order valence-corrected chi connectivity index (χ0v) is 15.4. The van der Waals surface area contributed by atoms with Crippen LogP contribution in [-0.2, 0) is 11.3 Å². The van der Waals surface area contributed by atoms with E-state index in [9.17, 15) is 4.79 Å². The number of fused-ring (bicyclic) bond motifs is 4. The van der Waals surface area contributed by atoms with Gasteiger partial charge in [-0.2, -0.15) is 0 Å². The largest absolute Gasteiger partial charge is 0.368 e. The number of amides is 1. The molecule has 3 aromatic rings. The number of nitrogens with zero attached hydrogens (tertiary/aromatic N) is 5. The molecule has 7 nitrogen and oxygen atoms in total. The van der Waals surface area contributed by atoms with Gasteiger partial charge in [-0.25, -0.2) is 4.68 Å². The van der Waals surface area contributed by atoms with E-state index in [1.807, 2.05) is 47.7 Å². The van der Waals surface area contributed by atoms with E-state index in [-0.39, 0.29) is 18.1 Å². The molecule has 2 atom stereocenters. The van der Waals surface area contributed by atoms with Gasteiger partial charge in [-0.3, -0.25) is 9.78 Å². The van der Waals surface area contributed by atoms with Gasteiger partial charge in [-0.05, 0) is 31.9 Å². The van der Waals surface area contributed by atoms with Crippen molar-refractivity contribution in [1.29, 1.82) is 0 Å². The van der Waals surface area contributed by atoms with Crippen molar-refractivity contribution in [3.63, 3.8) is 0 Å². The number of ether oxygens (including phenoxy) is 1. The summed E-state index contributed by atoms with van der Waals surface area (Å²) in [4.78, 5) is 19.9. The Labute approximate surface area is 156 Å². The minimum atomic E-state index is -0.0483. The molecule has 0 spiro atoms. The maximum absolute atomic E-state index is 13.4. The highest BCUT2D eigenvalue weighted by molar-refractivity contribution is 6.06. The summed E-state index contributed by atoms with van der Waals surface area (Å²) in [5.41, 5.74) is 4.56. The van der Waals surface area contributed by atoms with Gasteiger partial charge in [0.25, 0.3) is 5.91 Å². The summed E-state index contributed by atoms with van der Waals surface area (Å²) >= 11 is 0. The van der Waals surface area contributed by atoms with Crippen molar-refractivity contribution in [2.45, 2.75) is 39.0 Å². The quantitative estimate of drug-likeness (QED) is 0.664. The fraction of sp³-hybridized carbons (Fsp3) is 0.400. The Morgan fingerprint density at radius 1 is 1.30 bits per heavy atom. The summed E-state index contributed by atoms with van der Waals surface area (Å²) in [6.07, 6.45) is 2.52. The summed E-state index contributed by atoms with van der Waals surface area (Å²) in [6, 6.07) is 8.04. The van der Waals surface area contributed by atoms with E-state index in [2.05, 4.69) is 15.3 Å².